The second-order valence-electron chi connectivity index (χ2n) is 5.68. The minimum Gasteiger partial charge on any atom is -0.255 e. The molecule has 4 heteroatoms. The van der Waals surface area contributed by atoms with Gasteiger partial charge in [-0.15, -0.1) is 0 Å². The summed E-state index contributed by atoms with van der Waals surface area (Å²) in [5.41, 5.74) is 1.43. The SMILES string of the molecule is O=S1(=O)c2ccccc2-c2nccc3c2c1cc1ccccc13. The molecule has 0 fully saturated rings. The molecule has 0 radical (unpaired) electrons. The van der Waals surface area contributed by atoms with Crippen LogP contribution in [-0.4, -0.2) is 13.4 Å². The Morgan fingerprint density at radius 3 is 2.48 bits per heavy atom. The number of nitrogens with zero attached hydrogens (tertiary/aromatic N) is 1. The van der Waals surface area contributed by atoms with Crippen LogP contribution in [0.1, 0.15) is 0 Å². The van der Waals surface area contributed by atoms with E-state index in [0.29, 0.717) is 15.4 Å². The van der Waals surface area contributed by atoms with Gasteiger partial charge in [0.15, 0.2) is 0 Å². The number of hydrogen-bond donors (Lipinski definition) is 0. The molecule has 4 aromatic rings. The Kier molecular flexibility index (Phi) is 2.32. The van der Waals surface area contributed by atoms with Gasteiger partial charge in [0, 0.05) is 17.1 Å². The van der Waals surface area contributed by atoms with E-state index < -0.39 is 9.84 Å². The maximum Gasteiger partial charge on any atom is 0.207 e. The molecule has 0 bridgehead atoms. The first-order valence-electron chi connectivity index (χ1n) is 7.33. The maximum atomic E-state index is 13.1. The van der Waals surface area contributed by atoms with Crippen LogP contribution in [0, 0.1) is 0 Å². The summed E-state index contributed by atoms with van der Waals surface area (Å²) < 4.78 is 26.2. The summed E-state index contributed by atoms with van der Waals surface area (Å²) in [4.78, 5) is 5.18. The number of sulfone groups is 1. The molecular weight excluding hydrogens is 306 g/mol. The van der Waals surface area contributed by atoms with Gasteiger partial charge >= 0.3 is 0 Å². The van der Waals surface area contributed by atoms with E-state index in [-0.39, 0.29) is 0 Å². The van der Waals surface area contributed by atoms with Crippen LogP contribution in [0.25, 0.3) is 32.8 Å². The third kappa shape index (κ3) is 1.53. The smallest absolute Gasteiger partial charge is 0.207 e. The summed E-state index contributed by atoms with van der Waals surface area (Å²) in [6.45, 7) is 0. The summed E-state index contributed by atoms with van der Waals surface area (Å²) in [6.07, 6.45) is 1.75. The quantitative estimate of drug-likeness (QED) is 0.402. The summed E-state index contributed by atoms with van der Waals surface area (Å²) in [7, 11) is -3.54. The Balaban J connectivity index is 2.15. The molecule has 3 nitrogen and oxygen atoms in total. The second-order valence-corrected chi connectivity index (χ2v) is 7.56. The van der Waals surface area contributed by atoms with Crippen molar-refractivity contribution in [3.05, 3.63) is 66.9 Å². The lowest BCUT2D eigenvalue weighted by molar-refractivity contribution is 0.596. The van der Waals surface area contributed by atoms with Crippen LogP contribution >= 0.6 is 0 Å². The van der Waals surface area contributed by atoms with Gasteiger partial charge in [-0.1, -0.05) is 42.5 Å². The molecule has 0 saturated heterocycles. The summed E-state index contributed by atoms with van der Waals surface area (Å²) in [6, 6.07) is 18.6. The lowest BCUT2D eigenvalue weighted by Gasteiger charge is -2.21. The molecule has 110 valence electrons. The zero-order chi connectivity index (χ0) is 15.6. The van der Waals surface area contributed by atoms with Crippen LogP contribution in [0.2, 0.25) is 0 Å². The number of fused-ring (bicyclic) bond motifs is 4. The first kappa shape index (κ1) is 12.8. The van der Waals surface area contributed by atoms with Crippen molar-refractivity contribution in [3.63, 3.8) is 0 Å². The van der Waals surface area contributed by atoms with E-state index >= 15 is 0 Å². The fraction of sp³-hybridized carbons (Fsp3) is 0. The number of rotatable bonds is 0. The fourth-order valence-electron chi connectivity index (χ4n) is 3.45. The normalized spacial score (nSPS) is 14.8. The van der Waals surface area contributed by atoms with Crippen molar-refractivity contribution in [2.75, 3.05) is 0 Å². The highest BCUT2D eigenvalue weighted by atomic mass is 32.2. The van der Waals surface area contributed by atoms with Crippen LogP contribution in [0.5, 0.6) is 0 Å². The predicted octanol–water partition coefficient (Wildman–Crippen LogP) is 4.20. The van der Waals surface area contributed by atoms with Gasteiger partial charge in [0.25, 0.3) is 0 Å². The first-order chi connectivity index (χ1) is 11.2. The molecular formula is C19H11NO2S. The van der Waals surface area contributed by atoms with Gasteiger partial charge in [-0.3, -0.25) is 4.98 Å². The van der Waals surface area contributed by atoms with E-state index in [0.717, 1.165) is 27.2 Å². The summed E-state index contributed by atoms with van der Waals surface area (Å²) in [5, 5.41) is 3.63. The number of pyridine rings is 1. The Labute approximate surface area is 133 Å². The topological polar surface area (TPSA) is 47.0 Å². The van der Waals surface area contributed by atoms with Crippen molar-refractivity contribution >= 4 is 31.4 Å². The molecule has 0 saturated carbocycles. The van der Waals surface area contributed by atoms with Crippen LogP contribution in [0.4, 0.5) is 0 Å². The standard InChI is InChI=1S/C19H11NO2S/c21-23(22)16-8-4-3-7-15(16)19-18-14(9-10-20-19)13-6-2-1-5-12(13)11-17(18)23/h1-11H. The van der Waals surface area contributed by atoms with Gasteiger partial charge in [0.05, 0.1) is 15.5 Å². The maximum absolute atomic E-state index is 13.1. The molecule has 0 aliphatic carbocycles. The van der Waals surface area contributed by atoms with Crippen LogP contribution in [0.15, 0.2) is 76.7 Å². The monoisotopic (exact) mass is 317 g/mol. The van der Waals surface area contributed by atoms with Crippen LogP contribution in [-0.2, 0) is 9.84 Å². The molecule has 1 aliphatic rings. The molecule has 2 heterocycles. The average molecular weight is 317 g/mol. The second kappa shape index (κ2) is 4.18. The van der Waals surface area contributed by atoms with E-state index in [1.807, 2.05) is 42.5 Å². The van der Waals surface area contributed by atoms with Gasteiger partial charge in [-0.2, -0.15) is 0 Å². The highest BCUT2D eigenvalue weighted by Crippen LogP contribution is 2.44. The van der Waals surface area contributed by atoms with Gasteiger partial charge in [0.1, 0.15) is 0 Å². The third-order valence-corrected chi connectivity index (χ3v) is 6.29. The average Bonchev–Trinajstić information content (AvgIpc) is 2.59. The summed E-state index contributed by atoms with van der Waals surface area (Å²) in [5.74, 6) is 0. The number of hydrogen-bond acceptors (Lipinski definition) is 3. The van der Waals surface area contributed by atoms with Crippen molar-refractivity contribution in [3.8, 4) is 11.3 Å². The zero-order valence-electron chi connectivity index (χ0n) is 12.0. The molecule has 1 aliphatic heterocycles. The van der Waals surface area contributed by atoms with Crippen LogP contribution < -0.4 is 0 Å². The van der Waals surface area contributed by atoms with Crippen molar-refractivity contribution in [1.29, 1.82) is 0 Å². The Bertz CT molecular complexity index is 1230. The lowest BCUT2D eigenvalue weighted by Crippen LogP contribution is -2.10. The molecule has 0 amide bonds. The molecule has 3 aromatic carbocycles. The van der Waals surface area contributed by atoms with Crippen molar-refractivity contribution in [2.24, 2.45) is 0 Å². The van der Waals surface area contributed by atoms with E-state index in [4.69, 9.17) is 0 Å². The van der Waals surface area contributed by atoms with Gasteiger partial charge in [0.2, 0.25) is 9.84 Å². The highest BCUT2D eigenvalue weighted by molar-refractivity contribution is 7.92. The zero-order valence-corrected chi connectivity index (χ0v) is 12.8. The third-order valence-electron chi connectivity index (χ3n) is 4.46. The molecule has 0 N–H and O–H groups in total. The van der Waals surface area contributed by atoms with Crippen molar-refractivity contribution in [2.45, 2.75) is 9.79 Å². The van der Waals surface area contributed by atoms with E-state index in [2.05, 4.69) is 4.98 Å². The summed E-state index contributed by atoms with van der Waals surface area (Å²) >= 11 is 0. The van der Waals surface area contributed by atoms with Crippen molar-refractivity contribution < 1.29 is 8.42 Å². The minimum atomic E-state index is -3.54. The Hall–Kier alpha value is -2.72. The van der Waals surface area contributed by atoms with Gasteiger partial charge in [-0.25, -0.2) is 8.42 Å². The van der Waals surface area contributed by atoms with Crippen molar-refractivity contribution in [1.82, 2.24) is 4.98 Å². The Morgan fingerprint density at radius 1 is 0.783 bits per heavy atom. The molecule has 0 spiro atoms. The molecule has 0 atom stereocenters. The largest absolute Gasteiger partial charge is 0.255 e. The first-order valence-corrected chi connectivity index (χ1v) is 8.81. The Morgan fingerprint density at radius 2 is 1.57 bits per heavy atom. The van der Waals surface area contributed by atoms with E-state index in [1.165, 1.54) is 0 Å². The van der Waals surface area contributed by atoms with Gasteiger partial charge < -0.3 is 0 Å². The molecule has 1 aromatic heterocycles. The lowest BCUT2D eigenvalue weighted by atomic mass is 9.98. The molecule has 5 rings (SSSR count). The van der Waals surface area contributed by atoms with E-state index in [1.54, 1.807) is 24.4 Å². The number of benzene rings is 3. The molecule has 23 heavy (non-hydrogen) atoms. The highest BCUT2D eigenvalue weighted by Gasteiger charge is 2.31. The fourth-order valence-corrected chi connectivity index (χ4v) is 5.15. The van der Waals surface area contributed by atoms with Crippen LogP contribution in [0.3, 0.4) is 0 Å². The van der Waals surface area contributed by atoms with Gasteiger partial charge in [-0.05, 0) is 34.4 Å². The predicted molar refractivity (Wildman–Crippen MR) is 90.1 cm³/mol. The number of aromatic nitrogens is 1. The van der Waals surface area contributed by atoms with E-state index in [9.17, 15) is 8.42 Å². The molecule has 0 unspecified atom stereocenters. The minimum absolute atomic E-state index is 0.336.